The summed E-state index contributed by atoms with van der Waals surface area (Å²) in [5, 5.41) is 12.2. The van der Waals surface area contributed by atoms with Crippen LogP contribution in [0.1, 0.15) is 51.4 Å². The minimum atomic E-state index is -0.779. The maximum absolute atomic E-state index is 12.2. The summed E-state index contributed by atoms with van der Waals surface area (Å²) in [6, 6.07) is 0.266. The number of piperidine rings is 1. The number of likely N-dealkylation sites (tertiary alicyclic amines) is 1. The van der Waals surface area contributed by atoms with E-state index in [0.717, 1.165) is 51.6 Å². The van der Waals surface area contributed by atoms with E-state index in [2.05, 4.69) is 17.3 Å². The number of nitrogens with one attached hydrogen (secondary N) is 1. The molecule has 0 aromatic carbocycles. The van der Waals surface area contributed by atoms with Crippen LogP contribution in [0, 0.1) is 5.41 Å². The highest BCUT2D eigenvalue weighted by Gasteiger charge is 2.38. The normalized spacial score (nSPS) is 23.6. The zero-order valence-electron chi connectivity index (χ0n) is 12.4. The summed E-state index contributed by atoms with van der Waals surface area (Å²) in [5.74, 6) is -0.735. The van der Waals surface area contributed by atoms with Crippen molar-refractivity contribution in [2.45, 2.75) is 57.4 Å². The molecule has 5 heteroatoms. The van der Waals surface area contributed by atoms with Crippen molar-refractivity contribution in [3.05, 3.63) is 0 Å². The van der Waals surface area contributed by atoms with Gasteiger partial charge in [0.2, 0.25) is 5.91 Å². The lowest BCUT2D eigenvalue weighted by molar-refractivity contribution is -0.140. The monoisotopic (exact) mass is 282 g/mol. The average Bonchev–Trinajstić information content (AvgIpc) is 2.79. The summed E-state index contributed by atoms with van der Waals surface area (Å²) in [7, 11) is 2.10. The highest BCUT2D eigenvalue weighted by atomic mass is 16.4. The Morgan fingerprint density at radius 1 is 1.20 bits per heavy atom. The third-order valence-corrected chi connectivity index (χ3v) is 4.81. The maximum Gasteiger partial charge on any atom is 0.303 e. The topological polar surface area (TPSA) is 69.6 Å². The van der Waals surface area contributed by atoms with Gasteiger partial charge < -0.3 is 15.3 Å². The molecule has 1 aliphatic carbocycles. The Hall–Kier alpha value is -1.10. The molecule has 20 heavy (non-hydrogen) atoms. The minimum Gasteiger partial charge on any atom is -0.481 e. The molecule has 2 rings (SSSR count). The Labute approximate surface area is 120 Å². The fraction of sp³-hybridized carbons (Fsp3) is 0.867. The Balaban J connectivity index is 1.84. The van der Waals surface area contributed by atoms with Crippen LogP contribution in [-0.2, 0) is 9.59 Å². The Morgan fingerprint density at radius 2 is 1.80 bits per heavy atom. The van der Waals surface area contributed by atoms with Gasteiger partial charge in [-0.2, -0.15) is 0 Å². The molecule has 0 unspecified atom stereocenters. The lowest BCUT2D eigenvalue weighted by atomic mass is 9.79. The molecule has 2 aliphatic rings. The number of hydrogen-bond acceptors (Lipinski definition) is 3. The van der Waals surface area contributed by atoms with Gasteiger partial charge in [-0.25, -0.2) is 0 Å². The summed E-state index contributed by atoms with van der Waals surface area (Å²) in [6.45, 7) is 2.04. The molecule has 1 aliphatic heterocycles. The zero-order chi connectivity index (χ0) is 14.6. The van der Waals surface area contributed by atoms with E-state index >= 15 is 0 Å². The van der Waals surface area contributed by atoms with E-state index in [1.54, 1.807) is 0 Å². The molecular weight excluding hydrogens is 256 g/mol. The number of carbonyl (C=O) groups excluding carboxylic acids is 1. The average molecular weight is 282 g/mol. The number of carbonyl (C=O) groups is 2. The number of aliphatic carboxylic acids is 1. The molecule has 114 valence electrons. The lowest BCUT2D eigenvalue weighted by Crippen LogP contribution is -2.44. The third kappa shape index (κ3) is 4.20. The van der Waals surface area contributed by atoms with Gasteiger partial charge in [0.15, 0.2) is 0 Å². The first-order valence-corrected chi connectivity index (χ1v) is 7.69. The summed E-state index contributed by atoms with van der Waals surface area (Å²) >= 11 is 0. The van der Waals surface area contributed by atoms with Gasteiger partial charge in [-0.3, -0.25) is 9.59 Å². The summed E-state index contributed by atoms with van der Waals surface area (Å²) in [6.07, 6.45) is 6.35. The first-order valence-electron chi connectivity index (χ1n) is 7.69. The van der Waals surface area contributed by atoms with Gasteiger partial charge in [-0.15, -0.1) is 0 Å². The quantitative estimate of drug-likeness (QED) is 0.804. The van der Waals surface area contributed by atoms with E-state index in [1.807, 2.05) is 0 Å². The zero-order valence-corrected chi connectivity index (χ0v) is 12.4. The van der Waals surface area contributed by atoms with Gasteiger partial charge >= 0.3 is 5.97 Å². The predicted octanol–water partition coefficient (Wildman–Crippen LogP) is 1.62. The molecule has 0 radical (unpaired) electrons. The molecule has 0 aromatic heterocycles. The van der Waals surface area contributed by atoms with Crippen LogP contribution in [-0.4, -0.2) is 48.1 Å². The summed E-state index contributed by atoms with van der Waals surface area (Å²) < 4.78 is 0. The lowest BCUT2D eigenvalue weighted by Gasteiger charge is -2.31. The number of nitrogens with zero attached hydrogens (tertiary/aromatic N) is 1. The van der Waals surface area contributed by atoms with E-state index in [0.29, 0.717) is 6.42 Å². The molecule has 0 aromatic rings. The molecule has 0 spiro atoms. The van der Waals surface area contributed by atoms with Gasteiger partial charge in [0.25, 0.3) is 0 Å². The molecule has 0 bridgehead atoms. The van der Waals surface area contributed by atoms with Crippen LogP contribution >= 0.6 is 0 Å². The van der Waals surface area contributed by atoms with E-state index < -0.39 is 5.97 Å². The smallest absolute Gasteiger partial charge is 0.303 e. The van der Waals surface area contributed by atoms with Gasteiger partial charge in [0.05, 0.1) is 6.42 Å². The highest BCUT2D eigenvalue weighted by Crippen LogP contribution is 2.44. The fourth-order valence-electron chi connectivity index (χ4n) is 3.63. The fourth-order valence-corrected chi connectivity index (χ4v) is 3.63. The number of carboxylic acids is 1. The van der Waals surface area contributed by atoms with Crippen LogP contribution < -0.4 is 5.32 Å². The molecule has 5 nitrogen and oxygen atoms in total. The second kappa shape index (κ2) is 6.57. The van der Waals surface area contributed by atoms with Crippen molar-refractivity contribution in [3.8, 4) is 0 Å². The first kappa shape index (κ1) is 15.3. The number of hydrogen-bond donors (Lipinski definition) is 2. The van der Waals surface area contributed by atoms with E-state index in [9.17, 15) is 9.59 Å². The number of rotatable bonds is 5. The molecule has 2 fully saturated rings. The van der Waals surface area contributed by atoms with E-state index in [1.165, 1.54) is 0 Å². The molecule has 0 atom stereocenters. The highest BCUT2D eigenvalue weighted by molar-refractivity contribution is 5.78. The van der Waals surface area contributed by atoms with Crippen molar-refractivity contribution >= 4 is 11.9 Å². The van der Waals surface area contributed by atoms with Gasteiger partial charge in [0, 0.05) is 12.5 Å². The van der Waals surface area contributed by atoms with Crippen molar-refractivity contribution in [3.63, 3.8) is 0 Å². The van der Waals surface area contributed by atoms with Gasteiger partial charge in [-0.05, 0) is 51.2 Å². The largest absolute Gasteiger partial charge is 0.481 e. The molecule has 2 N–H and O–H groups in total. The number of carboxylic acid groups (broad SMARTS) is 1. The van der Waals surface area contributed by atoms with Gasteiger partial charge in [0.1, 0.15) is 0 Å². The number of amides is 1. The van der Waals surface area contributed by atoms with E-state index in [4.69, 9.17) is 5.11 Å². The van der Waals surface area contributed by atoms with Crippen LogP contribution in [0.2, 0.25) is 0 Å². The van der Waals surface area contributed by atoms with Crippen molar-refractivity contribution in [2.75, 3.05) is 20.1 Å². The third-order valence-electron chi connectivity index (χ3n) is 4.81. The Kier molecular flexibility index (Phi) is 5.02. The summed E-state index contributed by atoms with van der Waals surface area (Å²) in [4.78, 5) is 25.5. The molecule has 1 amide bonds. The molecule has 1 saturated carbocycles. The predicted molar refractivity (Wildman–Crippen MR) is 76.4 cm³/mol. The van der Waals surface area contributed by atoms with Gasteiger partial charge in [-0.1, -0.05) is 12.8 Å². The van der Waals surface area contributed by atoms with Crippen molar-refractivity contribution < 1.29 is 14.7 Å². The SMILES string of the molecule is CN1CCC(NC(=O)CC2(CC(=O)O)CCCC2)CC1. The molecular formula is C15H26N2O3. The minimum absolute atomic E-state index is 0.0442. The second-order valence-electron chi connectivity index (χ2n) is 6.60. The standard InChI is InChI=1S/C15H26N2O3/c1-17-8-4-12(5-9-17)16-13(18)10-15(11-14(19)20)6-2-3-7-15/h12H,2-11H2,1H3,(H,16,18)(H,19,20). The Bertz CT molecular complexity index is 356. The van der Waals surface area contributed by atoms with Crippen molar-refractivity contribution in [1.29, 1.82) is 0 Å². The van der Waals surface area contributed by atoms with Crippen LogP contribution in [0.3, 0.4) is 0 Å². The van der Waals surface area contributed by atoms with Crippen LogP contribution in [0.15, 0.2) is 0 Å². The van der Waals surface area contributed by atoms with Crippen LogP contribution in [0.5, 0.6) is 0 Å². The van der Waals surface area contributed by atoms with Crippen molar-refractivity contribution in [2.24, 2.45) is 5.41 Å². The van der Waals surface area contributed by atoms with Crippen LogP contribution in [0.25, 0.3) is 0 Å². The second-order valence-corrected chi connectivity index (χ2v) is 6.60. The Morgan fingerprint density at radius 3 is 2.35 bits per heavy atom. The van der Waals surface area contributed by atoms with Crippen LogP contribution in [0.4, 0.5) is 0 Å². The molecule has 1 saturated heterocycles. The molecule has 1 heterocycles. The van der Waals surface area contributed by atoms with Crippen molar-refractivity contribution in [1.82, 2.24) is 10.2 Å². The maximum atomic E-state index is 12.2. The summed E-state index contributed by atoms with van der Waals surface area (Å²) in [5.41, 5.74) is -0.290. The van der Waals surface area contributed by atoms with E-state index in [-0.39, 0.29) is 23.8 Å². The first-order chi connectivity index (χ1) is 9.49.